The molecule has 0 fully saturated rings. The van der Waals surface area contributed by atoms with Gasteiger partial charge in [-0.15, -0.1) is 0 Å². The third-order valence-electron chi connectivity index (χ3n) is 4.09. The largest absolute Gasteiger partial charge is 0.378 e. The fourth-order valence-electron chi connectivity index (χ4n) is 2.85. The van der Waals surface area contributed by atoms with Crippen molar-refractivity contribution in [2.24, 2.45) is 10.7 Å². The number of carbonyl (C=O) groups is 1. The van der Waals surface area contributed by atoms with Crippen LogP contribution in [0.4, 0.5) is 0 Å². The number of amidine groups is 1. The lowest BCUT2D eigenvalue weighted by Gasteiger charge is -2.09. The van der Waals surface area contributed by atoms with Gasteiger partial charge in [-0.05, 0) is 53.9 Å². The highest BCUT2D eigenvalue weighted by atomic mass is 32.2. The summed E-state index contributed by atoms with van der Waals surface area (Å²) in [6, 6.07) is 8.06. The van der Waals surface area contributed by atoms with Crippen molar-refractivity contribution in [3.8, 4) is 6.07 Å². The van der Waals surface area contributed by atoms with E-state index in [1.54, 1.807) is 12.3 Å². The Balaban J connectivity index is 2.03. The third-order valence-corrected chi connectivity index (χ3v) is 4.90. The van der Waals surface area contributed by atoms with E-state index in [1.165, 1.54) is 11.8 Å². The second-order valence-corrected chi connectivity index (χ2v) is 6.92. The van der Waals surface area contributed by atoms with Gasteiger partial charge in [-0.25, -0.2) is 0 Å². The molecule has 6 heteroatoms. The van der Waals surface area contributed by atoms with Crippen LogP contribution in [0, 0.1) is 11.3 Å². The maximum absolute atomic E-state index is 11.8. The Morgan fingerprint density at radius 3 is 2.88 bits per heavy atom. The number of hydrogen-bond acceptors (Lipinski definition) is 5. The summed E-state index contributed by atoms with van der Waals surface area (Å²) < 4.78 is 0. The molecule has 0 unspecified atom stereocenters. The number of nitrogens with two attached hydrogens (primary N) is 1. The highest BCUT2D eigenvalue weighted by Gasteiger charge is 2.19. The highest BCUT2D eigenvalue weighted by molar-refractivity contribution is 8.18. The van der Waals surface area contributed by atoms with Gasteiger partial charge in [-0.1, -0.05) is 25.8 Å². The summed E-state index contributed by atoms with van der Waals surface area (Å²) in [5.41, 5.74) is 8.97. The van der Waals surface area contributed by atoms with Gasteiger partial charge in [0.2, 0.25) is 0 Å². The molecule has 0 saturated heterocycles. The Kier molecular flexibility index (Phi) is 5.15. The third kappa shape index (κ3) is 3.72. The van der Waals surface area contributed by atoms with Crippen molar-refractivity contribution in [3.63, 3.8) is 0 Å². The Morgan fingerprint density at radius 2 is 2.20 bits per heavy atom. The number of unbranched alkanes of at least 4 members (excludes halogenated alkanes) is 2. The van der Waals surface area contributed by atoms with Gasteiger partial charge in [0.1, 0.15) is 6.07 Å². The summed E-state index contributed by atoms with van der Waals surface area (Å²) in [7, 11) is 0. The van der Waals surface area contributed by atoms with E-state index in [-0.39, 0.29) is 11.1 Å². The molecular formula is C19H18N4OS. The number of rotatable bonds is 5. The average molecular weight is 350 g/mol. The van der Waals surface area contributed by atoms with Gasteiger partial charge in [0.15, 0.2) is 5.17 Å². The maximum Gasteiger partial charge on any atom is 0.286 e. The van der Waals surface area contributed by atoms with E-state index in [4.69, 9.17) is 5.73 Å². The molecule has 126 valence electrons. The van der Waals surface area contributed by atoms with Crippen LogP contribution in [-0.4, -0.2) is 16.1 Å². The number of carbonyl (C=O) groups excluding carboxylic acids is 1. The predicted octanol–water partition coefficient (Wildman–Crippen LogP) is 3.77. The van der Waals surface area contributed by atoms with Crippen LogP contribution in [0.3, 0.4) is 0 Å². The Bertz CT molecular complexity index is 940. The fourth-order valence-corrected chi connectivity index (χ4v) is 3.53. The second kappa shape index (κ2) is 7.49. The zero-order valence-corrected chi connectivity index (χ0v) is 14.8. The number of nitrogens with zero attached hydrogens (tertiary/aromatic N) is 3. The normalized spacial score (nSPS) is 15.6. The van der Waals surface area contributed by atoms with E-state index >= 15 is 0 Å². The summed E-state index contributed by atoms with van der Waals surface area (Å²) in [6.45, 7) is 2.16. The predicted molar refractivity (Wildman–Crippen MR) is 102 cm³/mol. The summed E-state index contributed by atoms with van der Waals surface area (Å²) in [4.78, 5) is 20.4. The minimum absolute atomic E-state index is 0.269. The zero-order chi connectivity index (χ0) is 17.8. The molecule has 0 atom stereocenters. The summed E-state index contributed by atoms with van der Waals surface area (Å²) >= 11 is 1.17. The van der Waals surface area contributed by atoms with Crippen LogP contribution in [0.15, 0.2) is 34.3 Å². The van der Waals surface area contributed by atoms with Gasteiger partial charge < -0.3 is 5.73 Å². The summed E-state index contributed by atoms with van der Waals surface area (Å²) in [5.74, 6) is -0.310. The van der Waals surface area contributed by atoms with Crippen LogP contribution < -0.4 is 5.73 Å². The van der Waals surface area contributed by atoms with Gasteiger partial charge in [0.25, 0.3) is 5.91 Å². The lowest BCUT2D eigenvalue weighted by atomic mass is 9.97. The number of nitriles is 1. The van der Waals surface area contributed by atoms with Crippen LogP contribution in [0.1, 0.15) is 42.9 Å². The first-order chi connectivity index (χ1) is 12.1. The molecule has 1 amide bonds. The summed E-state index contributed by atoms with van der Waals surface area (Å²) in [5, 5.41) is 10.7. The van der Waals surface area contributed by atoms with Crippen LogP contribution >= 0.6 is 11.8 Å². The van der Waals surface area contributed by atoms with Crippen LogP contribution in [0.25, 0.3) is 17.0 Å². The molecule has 1 aliphatic rings. The molecule has 2 N–H and O–H groups in total. The Labute approximate surface area is 150 Å². The van der Waals surface area contributed by atoms with Crippen molar-refractivity contribution in [1.82, 2.24) is 4.98 Å². The van der Waals surface area contributed by atoms with Gasteiger partial charge in [-0.2, -0.15) is 10.3 Å². The number of amides is 1. The van der Waals surface area contributed by atoms with Crippen molar-refractivity contribution < 1.29 is 4.79 Å². The van der Waals surface area contributed by atoms with Gasteiger partial charge in [-0.3, -0.25) is 9.78 Å². The standard InChI is InChI=1S/C19H18N4OS/c1-2-3-4-5-14-13(10-20)11-22-16-7-6-12(8-15(14)16)9-17-18(24)23-19(21)25-17/h6-9,11H,2-5H2,1H3,(H2,21,23,24)/b17-9-. The van der Waals surface area contributed by atoms with E-state index in [9.17, 15) is 10.1 Å². The average Bonchev–Trinajstić information content (AvgIpc) is 2.92. The quantitative estimate of drug-likeness (QED) is 0.654. The minimum Gasteiger partial charge on any atom is -0.378 e. The maximum atomic E-state index is 11.8. The molecule has 25 heavy (non-hydrogen) atoms. The minimum atomic E-state index is -0.310. The van der Waals surface area contributed by atoms with E-state index in [0.29, 0.717) is 10.5 Å². The van der Waals surface area contributed by atoms with Crippen LogP contribution in [-0.2, 0) is 11.2 Å². The van der Waals surface area contributed by atoms with Gasteiger partial charge in [0.05, 0.1) is 16.0 Å². The molecule has 1 aromatic heterocycles. The molecule has 3 rings (SSSR count). The zero-order valence-electron chi connectivity index (χ0n) is 14.0. The first-order valence-corrected chi connectivity index (χ1v) is 9.03. The fraction of sp³-hybridized carbons (Fsp3) is 0.263. The summed E-state index contributed by atoms with van der Waals surface area (Å²) in [6.07, 6.45) is 7.56. The number of thioether (sulfide) groups is 1. The molecular weight excluding hydrogens is 332 g/mol. The molecule has 0 radical (unpaired) electrons. The first-order valence-electron chi connectivity index (χ1n) is 8.22. The molecule has 2 heterocycles. The topological polar surface area (TPSA) is 92.1 Å². The molecule has 5 nitrogen and oxygen atoms in total. The van der Waals surface area contributed by atoms with Crippen LogP contribution in [0.5, 0.6) is 0 Å². The number of aromatic nitrogens is 1. The Hall–Kier alpha value is -2.65. The van der Waals surface area contributed by atoms with Crippen molar-refractivity contribution >= 4 is 39.8 Å². The van der Waals surface area contributed by atoms with Crippen molar-refractivity contribution in [2.75, 3.05) is 0 Å². The lowest BCUT2D eigenvalue weighted by Crippen LogP contribution is -2.01. The molecule has 1 aromatic carbocycles. The van der Waals surface area contributed by atoms with Gasteiger partial charge >= 0.3 is 0 Å². The number of fused-ring (bicyclic) bond motifs is 1. The monoisotopic (exact) mass is 350 g/mol. The van der Waals surface area contributed by atoms with E-state index in [1.807, 2.05) is 18.2 Å². The number of aliphatic imine (C=N–C) groups is 1. The van der Waals surface area contributed by atoms with E-state index in [0.717, 1.165) is 47.7 Å². The number of benzene rings is 1. The SMILES string of the molecule is CCCCCc1c(C#N)cnc2ccc(/C=C3\SC(N)=NC3=O)cc12. The van der Waals surface area contributed by atoms with Gasteiger partial charge in [0, 0.05) is 11.6 Å². The number of aryl methyl sites for hydroxylation is 1. The lowest BCUT2D eigenvalue weighted by molar-refractivity contribution is -0.113. The second-order valence-electron chi connectivity index (χ2n) is 5.86. The van der Waals surface area contributed by atoms with Crippen molar-refractivity contribution in [1.29, 1.82) is 5.26 Å². The van der Waals surface area contributed by atoms with E-state index in [2.05, 4.69) is 23.0 Å². The van der Waals surface area contributed by atoms with Crippen molar-refractivity contribution in [2.45, 2.75) is 32.6 Å². The molecule has 2 aromatic rings. The first kappa shape index (κ1) is 17.2. The van der Waals surface area contributed by atoms with Crippen molar-refractivity contribution in [3.05, 3.63) is 46.0 Å². The number of pyridine rings is 1. The molecule has 1 aliphatic heterocycles. The molecule has 0 bridgehead atoms. The smallest absolute Gasteiger partial charge is 0.286 e. The highest BCUT2D eigenvalue weighted by Crippen LogP contribution is 2.29. The Morgan fingerprint density at radius 1 is 1.36 bits per heavy atom. The molecule has 0 spiro atoms. The number of hydrogen-bond donors (Lipinski definition) is 1. The van der Waals surface area contributed by atoms with E-state index < -0.39 is 0 Å². The molecule has 0 aliphatic carbocycles. The molecule has 0 saturated carbocycles. The van der Waals surface area contributed by atoms with Crippen LogP contribution in [0.2, 0.25) is 0 Å².